The van der Waals surface area contributed by atoms with E-state index in [1.54, 1.807) is 6.92 Å². The van der Waals surface area contributed by atoms with Gasteiger partial charge >= 0.3 is 5.97 Å². The number of hydrogen-bond donors (Lipinski definition) is 2. The summed E-state index contributed by atoms with van der Waals surface area (Å²) in [6, 6.07) is 4.43. The molecule has 5 heteroatoms. The van der Waals surface area contributed by atoms with Crippen LogP contribution < -0.4 is 5.32 Å². The van der Waals surface area contributed by atoms with Crippen LogP contribution in [-0.2, 0) is 4.79 Å². The van der Waals surface area contributed by atoms with Crippen molar-refractivity contribution in [3.05, 3.63) is 34.9 Å². The van der Waals surface area contributed by atoms with Crippen molar-refractivity contribution in [3.8, 4) is 0 Å². The van der Waals surface area contributed by atoms with Crippen molar-refractivity contribution in [2.45, 2.75) is 6.92 Å². The van der Waals surface area contributed by atoms with Crippen molar-refractivity contribution in [2.75, 3.05) is 6.54 Å². The Labute approximate surface area is 92.1 Å². The molecular formula is C11H11NO4. The van der Waals surface area contributed by atoms with Crippen molar-refractivity contribution < 1.29 is 19.5 Å². The summed E-state index contributed by atoms with van der Waals surface area (Å²) in [5.41, 5.74) is 0.735. The van der Waals surface area contributed by atoms with Crippen LogP contribution in [-0.4, -0.2) is 29.8 Å². The average Bonchev–Trinajstić information content (AvgIpc) is 2.25. The molecule has 84 valence electrons. The molecule has 0 aromatic heterocycles. The topological polar surface area (TPSA) is 83.5 Å². The second-order valence-corrected chi connectivity index (χ2v) is 3.16. The Morgan fingerprint density at radius 2 is 2.00 bits per heavy atom. The smallest absolute Gasteiger partial charge is 0.335 e. The molecular weight excluding hydrogens is 210 g/mol. The lowest BCUT2D eigenvalue weighted by Gasteiger charge is -2.07. The first-order chi connectivity index (χ1) is 7.57. The molecule has 5 nitrogen and oxygen atoms in total. The molecule has 16 heavy (non-hydrogen) atoms. The predicted molar refractivity (Wildman–Crippen MR) is 56.5 cm³/mol. The van der Waals surface area contributed by atoms with Gasteiger partial charge in [-0.05, 0) is 24.6 Å². The van der Waals surface area contributed by atoms with E-state index in [4.69, 9.17) is 5.11 Å². The molecule has 1 amide bonds. The third-order valence-corrected chi connectivity index (χ3v) is 2.15. The molecule has 0 atom stereocenters. The van der Waals surface area contributed by atoms with Crippen LogP contribution in [0.3, 0.4) is 0 Å². The lowest BCUT2D eigenvalue weighted by molar-refractivity contribution is -0.107. The van der Waals surface area contributed by atoms with Gasteiger partial charge in [0.25, 0.3) is 5.91 Å². The number of nitrogens with one attached hydrogen (secondary N) is 1. The molecule has 0 heterocycles. The number of aldehydes is 1. The van der Waals surface area contributed by atoms with E-state index in [1.807, 2.05) is 0 Å². The molecule has 0 fully saturated rings. The van der Waals surface area contributed by atoms with Crippen LogP contribution in [0.5, 0.6) is 0 Å². The maximum Gasteiger partial charge on any atom is 0.335 e. The normalized spacial score (nSPS) is 9.56. The van der Waals surface area contributed by atoms with Gasteiger partial charge in [-0.2, -0.15) is 0 Å². The summed E-state index contributed by atoms with van der Waals surface area (Å²) < 4.78 is 0. The summed E-state index contributed by atoms with van der Waals surface area (Å²) >= 11 is 0. The summed E-state index contributed by atoms with van der Waals surface area (Å²) in [5, 5.41) is 11.2. The van der Waals surface area contributed by atoms with Gasteiger partial charge in [-0.1, -0.05) is 6.07 Å². The number of amides is 1. The minimum absolute atomic E-state index is 0.0822. The van der Waals surface area contributed by atoms with E-state index in [2.05, 4.69) is 5.32 Å². The molecule has 0 aliphatic rings. The lowest BCUT2D eigenvalue weighted by atomic mass is 10.0. The number of carboxylic acid groups (broad SMARTS) is 1. The average molecular weight is 221 g/mol. The molecule has 1 rings (SSSR count). The molecule has 1 aromatic rings. The minimum atomic E-state index is -1.08. The molecule has 0 aliphatic heterocycles. The van der Waals surface area contributed by atoms with E-state index < -0.39 is 11.9 Å². The van der Waals surface area contributed by atoms with Gasteiger partial charge in [-0.3, -0.25) is 4.79 Å². The van der Waals surface area contributed by atoms with E-state index in [1.165, 1.54) is 18.2 Å². The first-order valence-electron chi connectivity index (χ1n) is 4.62. The van der Waals surface area contributed by atoms with Gasteiger partial charge in [0.2, 0.25) is 0 Å². The van der Waals surface area contributed by atoms with E-state index in [0.717, 1.165) is 0 Å². The largest absolute Gasteiger partial charge is 0.478 e. The fraction of sp³-hybridized carbons (Fsp3) is 0.182. The Morgan fingerprint density at radius 1 is 1.38 bits per heavy atom. The van der Waals surface area contributed by atoms with E-state index >= 15 is 0 Å². The number of aromatic carboxylic acids is 1. The Kier molecular flexibility index (Phi) is 3.77. The van der Waals surface area contributed by atoms with Crippen molar-refractivity contribution in [1.29, 1.82) is 0 Å². The zero-order valence-corrected chi connectivity index (χ0v) is 8.69. The Bertz CT molecular complexity index is 440. The fourth-order valence-corrected chi connectivity index (χ4v) is 1.34. The molecule has 0 saturated heterocycles. The van der Waals surface area contributed by atoms with Crippen LogP contribution >= 0.6 is 0 Å². The van der Waals surface area contributed by atoms with E-state index in [0.29, 0.717) is 11.8 Å². The first-order valence-corrected chi connectivity index (χ1v) is 4.62. The van der Waals surface area contributed by atoms with Gasteiger partial charge in [-0.15, -0.1) is 0 Å². The molecule has 1 aromatic carbocycles. The van der Waals surface area contributed by atoms with Crippen molar-refractivity contribution >= 4 is 18.2 Å². The minimum Gasteiger partial charge on any atom is -0.478 e. The molecule has 0 radical (unpaired) electrons. The van der Waals surface area contributed by atoms with E-state index in [-0.39, 0.29) is 17.7 Å². The first kappa shape index (κ1) is 11.9. The van der Waals surface area contributed by atoms with Gasteiger partial charge in [0, 0.05) is 5.56 Å². The van der Waals surface area contributed by atoms with E-state index in [9.17, 15) is 14.4 Å². The highest BCUT2D eigenvalue weighted by atomic mass is 16.4. The second kappa shape index (κ2) is 5.06. The number of carbonyl (C=O) groups is 3. The van der Waals surface area contributed by atoms with Gasteiger partial charge in [0.1, 0.15) is 6.29 Å². The highest BCUT2D eigenvalue weighted by Crippen LogP contribution is 2.13. The van der Waals surface area contributed by atoms with Crippen LogP contribution in [0.1, 0.15) is 26.3 Å². The number of carboxylic acids is 1. The van der Waals surface area contributed by atoms with Crippen molar-refractivity contribution in [1.82, 2.24) is 5.32 Å². The molecule has 0 bridgehead atoms. The third kappa shape index (κ3) is 2.44. The van der Waals surface area contributed by atoms with Gasteiger partial charge < -0.3 is 15.2 Å². The number of benzene rings is 1. The van der Waals surface area contributed by atoms with Crippen LogP contribution in [0.25, 0.3) is 0 Å². The summed E-state index contributed by atoms with van der Waals surface area (Å²) in [7, 11) is 0. The third-order valence-electron chi connectivity index (χ3n) is 2.15. The predicted octanol–water partition coefficient (Wildman–Crippen LogP) is 0.622. The molecule has 2 N–H and O–H groups in total. The van der Waals surface area contributed by atoms with Crippen LogP contribution in [0.4, 0.5) is 0 Å². The molecule has 0 unspecified atom stereocenters. The number of rotatable bonds is 4. The van der Waals surface area contributed by atoms with Crippen molar-refractivity contribution in [2.24, 2.45) is 0 Å². The molecule has 0 spiro atoms. The Morgan fingerprint density at radius 3 is 2.56 bits per heavy atom. The second-order valence-electron chi connectivity index (χ2n) is 3.16. The SMILES string of the molecule is Cc1c(C(=O)O)cccc1C(=O)NCC=O. The van der Waals surface area contributed by atoms with Gasteiger partial charge in [0.05, 0.1) is 12.1 Å². The highest BCUT2D eigenvalue weighted by Gasteiger charge is 2.14. The fourth-order valence-electron chi connectivity index (χ4n) is 1.34. The maximum atomic E-state index is 11.5. The molecule has 0 saturated carbocycles. The summed E-state index contributed by atoms with van der Waals surface area (Å²) in [6.45, 7) is 1.47. The maximum absolute atomic E-state index is 11.5. The molecule has 0 aliphatic carbocycles. The van der Waals surface area contributed by atoms with Crippen LogP contribution in [0, 0.1) is 6.92 Å². The summed E-state index contributed by atoms with van der Waals surface area (Å²) in [5.74, 6) is -1.53. The van der Waals surface area contributed by atoms with Crippen LogP contribution in [0.2, 0.25) is 0 Å². The van der Waals surface area contributed by atoms with Crippen LogP contribution in [0.15, 0.2) is 18.2 Å². The summed E-state index contributed by atoms with van der Waals surface area (Å²) in [4.78, 5) is 32.5. The van der Waals surface area contributed by atoms with Crippen molar-refractivity contribution in [3.63, 3.8) is 0 Å². The van der Waals surface area contributed by atoms with Gasteiger partial charge in [0.15, 0.2) is 0 Å². The zero-order valence-electron chi connectivity index (χ0n) is 8.69. The van der Waals surface area contributed by atoms with Gasteiger partial charge in [-0.25, -0.2) is 4.79 Å². The highest BCUT2D eigenvalue weighted by molar-refractivity contribution is 6.00. The monoisotopic (exact) mass is 221 g/mol. The Balaban J connectivity index is 3.05. The zero-order chi connectivity index (χ0) is 12.1. The Hall–Kier alpha value is -2.17. The lowest BCUT2D eigenvalue weighted by Crippen LogP contribution is -2.26. The standard InChI is InChI=1S/C11H11NO4/c1-7-8(10(14)12-5-6-13)3-2-4-9(7)11(15)16/h2-4,6H,5H2,1H3,(H,12,14)(H,15,16). The quantitative estimate of drug-likeness (QED) is 0.730. The number of hydrogen-bond acceptors (Lipinski definition) is 3. The summed E-state index contributed by atoms with van der Waals surface area (Å²) in [6.07, 6.45) is 0.564. The number of carbonyl (C=O) groups excluding carboxylic acids is 2.